The highest BCUT2D eigenvalue weighted by atomic mass is 16.5. The normalized spacial score (nSPS) is 13.8. The molecule has 1 aliphatic heterocycles. The largest absolute Gasteiger partial charge is 0.491 e. The molecule has 63 heavy (non-hydrogen) atoms. The summed E-state index contributed by atoms with van der Waals surface area (Å²) in [4.78, 5) is 73.2. The Kier molecular flexibility index (Phi) is 12.7. The number of aryl methyl sites for hydroxylation is 5. The second-order valence-corrected chi connectivity index (χ2v) is 15.0. The van der Waals surface area contributed by atoms with Crippen molar-refractivity contribution in [2.24, 2.45) is 11.5 Å². The van der Waals surface area contributed by atoms with Crippen LogP contribution >= 0.6 is 0 Å². The van der Waals surface area contributed by atoms with E-state index < -0.39 is 42.2 Å². The number of carboxylic acids is 1. The van der Waals surface area contributed by atoms with Gasteiger partial charge >= 0.3 is 5.97 Å². The van der Waals surface area contributed by atoms with Crippen molar-refractivity contribution in [3.05, 3.63) is 70.3 Å². The summed E-state index contributed by atoms with van der Waals surface area (Å²) in [6, 6.07) is 7.91. The van der Waals surface area contributed by atoms with Gasteiger partial charge in [-0.2, -0.15) is 10.2 Å². The highest BCUT2D eigenvalue weighted by Gasteiger charge is 2.30. The molecule has 0 unspecified atom stereocenters. The van der Waals surface area contributed by atoms with E-state index >= 15 is 0 Å². The number of ether oxygens (including phenoxy) is 2. The molecule has 332 valence electrons. The Morgan fingerprint density at radius 2 is 1.43 bits per heavy atom. The third kappa shape index (κ3) is 9.02. The van der Waals surface area contributed by atoms with E-state index in [-0.39, 0.29) is 61.1 Å². The number of aliphatic hydroxyl groups is 1. The highest BCUT2D eigenvalue weighted by molar-refractivity contribution is 6.05. The Morgan fingerprint density at radius 3 is 2.02 bits per heavy atom. The molecule has 0 bridgehead atoms. The summed E-state index contributed by atoms with van der Waals surface area (Å²) < 4.78 is 19.2. The van der Waals surface area contributed by atoms with E-state index in [0.29, 0.717) is 82.9 Å². The number of aliphatic carboxylic acids is 1. The first-order valence-corrected chi connectivity index (χ1v) is 20.4. The molecule has 2 atom stereocenters. The number of amides is 4. The average molecular weight is 868 g/mol. The standard InChI is InChI=1S/C41H49N13O9/c1-5-52-29(13-21(3)49-52)37(58)47-40-45-26-15-23(35(42)56)17-31(62-12-8-10-44-28(19-55)39(60)61)33(26)51(40)11-7-9-25-20-63-32-18-24(36(43)57)16-27-34(32)54(25)41(46-27)48-38(59)30-14-22(4)50-53(30)6-2/h13-18,25,28,44,55H,5-12,19-20H2,1-4H3,(H2,42,56)(H2,43,57)(H,60,61)(H,45,47,58)(H,46,48,59)/t25-,28-/m0/s1. The van der Waals surface area contributed by atoms with Crippen LogP contribution in [0.15, 0.2) is 36.4 Å². The van der Waals surface area contributed by atoms with Crippen LogP contribution in [0.25, 0.3) is 22.1 Å². The van der Waals surface area contributed by atoms with Crippen molar-refractivity contribution < 1.29 is 43.7 Å². The number of fused-ring (bicyclic) bond motifs is 1. The predicted molar refractivity (Wildman–Crippen MR) is 228 cm³/mol. The molecule has 7 rings (SSSR count). The Balaban J connectivity index is 1.22. The molecular weight excluding hydrogens is 819 g/mol. The summed E-state index contributed by atoms with van der Waals surface area (Å²) in [5, 5.41) is 36.1. The first-order valence-electron chi connectivity index (χ1n) is 20.4. The number of hydrogen-bond donors (Lipinski definition) is 7. The van der Waals surface area contributed by atoms with Gasteiger partial charge in [-0.3, -0.25) is 44.0 Å². The summed E-state index contributed by atoms with van der Waals surface area (Å²) in [6.45, 7) is 8.31. The minimum atomic E-state index is -1.19. The molecule has 4 amide bonds. The summed E-state index contributed by atoms with van der Waals surface area (Å²) in [5.74, 6) is -2.48. The molecule has 0 radical (unpaired) electrons. The predicted octanol–water partition coefficient (Wildman–Crippen LogP) is 2.36. The van der Waals surface area contributed by atoms with Gasteiger partial charge in [0.05, 0.1) is 41.7 Å². The maximum Gasteiger partial charge on any atom is 0.323 e. The van der Waals surface area contributed by atoms with E-state index in [0.717, 1.165) is 0 Å². The van der Waals surface area contributed by atoms with Crippen molar-refractivity contribution in [3.63, 3.8) is 0 Å². The summed E-state index contributed by atoms with van der Waals surface area (Å²) in [5.41, 5.74) is 15.4. The van der Waals surface area contributed by atoms with Crippen molar-refractivity contribution in [3.8, 4) is 11.5 Å². The number of carbonyl (C=O) groups excluding carboxylic acids is 4. The van der Waals surface area contributed by atoms with Crippen LogP contribution in [0, 0.1) is 13.8 Å². The smallest absolute Gasteiger partial charge is 0.323 e. The van der Waals surface area contributed by atoms with Gasteiger partial charge in [0.1, 0.15) is 46.6 Å². The summed E-state index contributed by atoms with van der Waals surface area (Å²) in [6.07, 6.45) is 1.21. The van der Waals surface area contributed by atoms with Crippen LogP contribution in [-0.4, -0.2) is 111 Å². The first kappa shape index (κ1) is 43.7. The molecule has 6 aromatic rings. The molecular formula is C41H49N13O9. The lowest BCUT2D eigenvalue weighted by molar-refractivity contribution is -0.140. The number of primary amides is 2. The maximum atomic E-state index is 13.8. The monoisotopic (exact) mass is 867 g/mol. The topological polar surface area (TPSA) is 304 Å². The molecule has 9 N–H and O–H groups in total. The van der Waals surface area contributed by atoms with Gasteiger partial charge in [-0.15, -0.1) is 0 Å². The first-order chi connectivity index (χ1) is 30.2. The lowest BCUT2D eigenvalue weighted by atomic mass is 10.1. The van der Waals surface area contributed by atoms with Crippen LogP contribution in [0.4, 0.5) is 11.9 Å². The van der Waals surface area contributed by atoms with Gasteiger partial charge in [-0.05, 0) is 89.9 Å². The van der Waals surface area contributed by atoms with Crippen molar-refractivity contribution in [1.82, 2.24) is 44.0 Å². The zero-order valence-corrected chi connectivity index (χ0v) is 35.2. The molecule has 0 fully saturated rings. The molecule has 0 spiro atoms. The number of carbonyl (C=O) groups is 5. The van der Waals surface area contributed by atoms with Crippen molar-refractivity contribution in [2.45, 2.75) is 78.7 Å². The van der Waals surface area contributed by atoms with Gasteiger partial charge in [0.25, 0.3) is 11.8 Å². The van der Waals surface area contributed by atoms with Gasteiger partial charge in [0.15, 0.2) is 0 Å². The second-order valence-electron chi connectivity index (χ2n) is 15.0. The van der Waals surface area contributed by atoms with Crippen molar-refractivity contribution in [1.29, 1.82) is 0 Å². The number of aliphatic hydroxyl groups excluding tert-OH is 1. The lowest BCUT2D eigenvalue weighted by Crippen LogP contribution is -2.40. The lowest BCUT2D eigenvalue weighted by Gasteiger charge is -2.27. The van der Waals surface area contributed by atoms with Crippen LogP contribution in [0.1, 0.15) is 92.2 Å². The van der Waals surface area contributed by atoms with E-state index in [9.17, 15) is 34.2 Å². The quantitative estimate of drug-likeness (QED) is 0.0542. The average Bonchev–Trinajstić information content (AvgIpc) is 4.02. The number of anilines is 2. The van der Waals surface area contributed by atoms with Crippen LogP contribution in [0.3, 0.4) is 0 Å². The molecule has 22 heteroatoms. The van der Waals surface area contributed by atoms with E-state index in [1.165, 1.54) is 12.1 Å². The van der Waals surface area contributed by atoms with Crippen LogP contribution in [-0.2, 0) is 24.4 Å². The fraction of sp³-hybridized carbons (Fsp3) is 0.390. The number of hydrogen-bond acceptors (Lipinski definition) is 13. The molecule has 0 saturated heterocycles. The molecule has 4 aromatic heterocycles. The number of benzene rings is 2. The zero-order valence-electron chi connectivity index (χ0n) is 35.2. The second kappa shape index (κ2) is 18.3. The molecule has 5 heterocycles. The Labute approximate surface area is 359 Å². The number of nitrogens with two attached hydrogens (primary N) is 2. The Morgan fingerprint density at radius 1 is 0.841 bits per heavy atom. The fourth-order valence-corrected chi connectivity index (χ4v) is 7.67. The van der Waals surface area contributed by atoms with Crippen LogP contribution in [0.2, 0.25) is 0 Å². The maximum absolute atomic E-state index is 13.8. The van der Waals surface area contributed by atoms with E-state index in [1.54, 1.807) is 52.0 Å². The molecule has 1 aliphatic rings. The summed E-state index contributed by atoms with van der Waals surface area (Å²) >= 11 is 0. The Bertz CT molecular complexity index is 2750. The third-order valence-corrected chi connectivity index (χ3v) is 10.6. The van der Waals surface area contributed by atoms with E-state index in [1.807, 2.05) is 18.4 Å². The number of aromatic nitrogens is 8. The van der Waals surface area contributed by atoms with E-state index in [2.05, 4.69) is 26.1 Å². The van der Waals surface area contributed by atoms with Gasteiger partial charge < -0.3 is 45.6 Å². The highest BCUT2D eigenvalue weighted by Crippen LogP contribution is 2.39. The number of carboxylic acid groups (broad SMARTS) is 1. The molecule has 2 aromatic carbocycles. The van der Waals surface area contributed by atoms with Crippen molar-refractivity contribution >= 4 is 63.6 Å². The minimum absolute atomic E-state index is 0.0734. The number of nitrogens with zero attached hydrogens (tertiary/aromatic N) is 8. The summed E-state index contributed by atoms with van der Waals surface area (Å²) in [7, 11) is 0. The van der Waals surface area contributed by atoms with Gasteiger partial charge in [0, 0.05) is 30.8 Å². The molecule has 22 nitrogen and oxygen atoms in total. The molecule has 0 saturated carbocycles. The number of imidazole rings is 2. The zero-order chi connectivity index (χ0) is 45.1. The van der Waals surface area contributed by atoms with Crippen LogP contribution < -0.4 is 36.9 Å². The van der Waals surface area contributed by atoms with E-state index in [4.69, 9.17) is 30.9 Å². The molecule has 0 aliphatic carbocycles. The van der Waals surface area contributed by atoms with Gasteiger partial charge in [-0.1, -0.05) is 0 Å². The number of rotatable bonds is 20. The SMILES string of the molecule is CCn1nc(C)cc1C(=O)Nc1nc2cc(C(N)=O)cc(OCCCN[C@@H](CO)C(=O)O)c2n1CCC[C@H]1COc2cc(C(N)=O)cc3nc(NC(=O)c4cc(C)nn4CC)n1c23. The third-order valence-electron chi connectivity index (χ3n) is 10.6. The number of nitrogens with one attached hydrogen (secondary N) is 3. The fourth-order valence-electron chi connectivity index (χ4n) is 7.67. The Hall–Kier alpha value is -7.33. The van der Waals surface area contributed by atoms with Gasteiger partial charge in [0.2, 0.25) is 23.7 Å². The van der Waals surface area contributed by atoms with Crippen molar-refractivity contribution in [2.75, 3.05) is 37.0 Å². The minimum Gasteiger partial charge on any atom is -0.491 e. The van der Waals surface area contributed by atoms with Crippen LogP contribution in [0.5, 0.6) is 11.5 Å². The van der Waals surface area contributed by atoms with Gasteiger partial charge in [-0.25, -0.2) is 9.97 Å².